The number of aliphatic imine (C=N–C) groups is 1. The lowest BCUT2D eigenvalue weighted by Gasteiger charge is -2.30. The van der Waals surface area contributed by atoms with E-state index in [4.69, 9.17) is 0 Å². The number of hydrogen-bond donors (Lipinski definition) is 2. The fourth-order valence-electron chi connectivity index (χ4n) is 4.54. The fourth-order valence-corrected chi connectivity index (χ4v) is 5.20. The number of benzene rings is 3. The highest BCUT2D eigenvalue weighted by molar-refractivity contribution is 7.90. The van der Waals surface area contributed by atoms with Crippen LogP contribution in [0.2, 0.25) is 0 Å². The van der Waals surface area contributed by atoms with Gasteiger partial charge < -0.3 is 5.11 Å². The average Bonchev–Trinajstić information content (AvgIpc) is 3.57. The average molecular weight is 540 g/mol. The topological polar surface area (TPSA) is 95.4 Å². The van der Waals surface area contributed by atoms with E-state index in [-0.39, 0.29) is 26.5 Å². The van der Waals surface area contributed by atoms with Crippen molar-refractivity contribution < 1.29 is 26.7 Å². The number of H-pyrrole nitrogens is 1. The van der Waals surface area contributed by atoms with Crippen molar-refractivity contribution in [2.45, 2.75) is 11.1 Å². The normalized spacial score (nSPS) is 17.8. The number of hydrogen-bond acceptors (Lipinski definition) is 5. The summed E-state index contributed by atoms with van der Waals surface area (Å²) in [5.41, 5.74) is 1.09. The molecule has 1 aliphatic heterocycles. The maximum Gasteiger partial charge on any atom is 0.417 e. The van der Waals surface area contributed by atoms with Gasteiger partial charge in [-0.2, -0.15) is 22.6 Å². The summed E-state index contributed by atoms with van der Waals surface area (Å²) < 4.78 is 65.8. The number of nitrogens with one attached hydrogen (secondary N) is 1. The number of sulfone groups is 1. The van der Waals surface area contributed by atoms with Crippen molar-refractivity contribution in [1.29, 1.82) is 0 Å². The molecule has 11 heteroatoms. The van der Waals surface area contributed by atoms with E-state index in [0.717, 1.165) is 12.3 Å². The van der Waals surface area contributed by atoms with E-state index in [1.54, 1.807) is 48.7 Å². The smallest absolute Gasteiger partial charge is 0.390 e. The highest BCUT2D eigenvalue weighted by Gasteiger charge is 2.48. The second kappa shape index (κ2) is 9.35. The van der Waals surface area contributed by atoms with E-state index >= 15 is 0 Å². The summed E-state index contributed by atoms with van der Waals surface area (Å²) in [5, 5.41) is 9.94. The molecule has 1 atom stereocenters. The van der Waals surface area contributed by atoms with Crippen LogP contribution in [-0.2, 0) is 16.0 Å². The molecule has 2 N–H and O–H groups in total. The lowest BCUT2D eigenvalue weighted by Crippen LogP contribution is -2.44. The largest absolute Gasteiger partial charge is 0.417 e. The van der Waals surface area contributed by atoms with Gasteiger partial charge in [0.1, 0.15) is 23.8 Å². The summed E-state index contributed by atoms with van der Waals surface area (Å²) in [4.78, 5) is 11.7. The number of nitrogens with zero attached hydrogens (tertiary/aromatic N) is 3. The molecule has 1 aliphatic rings. The summed E-state index contributed by atoms with van der Waals surface area (Å²) in [5.74, 6) is 0.453. The van der Waals surface area contributed by atoms with Gasteiger partial charge in [-0.1, -0.05) is 24.3 Å². The first-order chi connectivity index (χ1) is 18.0. The van der Waals surface area contributed by atoms with E-state index in [1.807, 2.05) is 0 Å². The Bertz CT molecular complexity index is 1660. The molecule has 0 fully saturated rings. The molecule has 2 heterocycles. The molecular weight excluding hydrogens is 517 g/mol. The second-order valence-corrected chi connectivity index (χ2v) is 10.8. The molecule has 0 aliphatic carbocycles. The maximum absolute atomic E-state index is 14.0. The van der Waals surface area contributed by atoms with Crippen LogP contribution < -0.4 is 4.48 Å². The van der Waals surface area contributed by atoms with Crippen molar-refractivity contribution in [3.8, 4) is 11.1 Å². The molecule has 38 heavy (non-hydrogen) atoms. The first kappa shape index (κ1) is 25.6. The quantitative estimate of drug-likeness (QED) is 0.320. The van der Waals surface area contributed by atoms with Gasteiger partial charge in [-0.25, -0.2) is 13.4 Å². The van der Waals surface area contributed by atoms with Crippen LogP contribution in [0, 0.1) is 0 Å². The predicted molar refractivity (Wildman–Crippen MR) is 138 cm³/mol. The van der Waals surface area contributed by atoms with E-state index in [0.29, 0.717) is 22.6 Å². The molecule has 0 bridgehead atoms. The summed E-state index contributed by atoms with van der Waals surface area (Å²) in [7, 11) is -3.41. The summed E-state index contributed by atoms with van der Waals surface area (Å²) in [6, 6.07) is 18.6. The Morgan fingerprint density at radius 2 is 1.71 bits per heavy atom. The molecule has 5 rings (SSSR count). The monoisotopic (exact) mass is 539 g/mol. The van der Waals surface area contributed by atoms with E-state index in [9.17, 15) is 26.7 Å². The number of aliphatic hydroxyl groups is 1. The molecule has 0 radical (unpaired) electrons. The number of imidazole rings is 1. The van der Waals surface area contributed by atoms with Crippen LogP contribution in [0.1, 0.15) is 11.1 Å². The van der Waals surface area contributed by atoms with Crippen LogP contribution in [0.4, 0.5) is 24.7 Å². The van der Waals surface area contributed by atoms with Gasteiger partial charge in [-0.15, -0.1) is 0 Å². The van der Waals surface area contributed by atoms with Crippen molar-refractivity contribution in [1.82, 2.24) is 14.5 Å². The van der Waals surface area contributed by atoms with Gasteiger partial charge in [0.05, 0.1) is 29.0 Å². The molecule has 7 nitrogen and oxygen atoms in total. The Balaban J connectivity index is 1.70. The number of alkyl halides is 3. The van der Waals surface area contributed by atoms with Crippen molar-refractivity contribution in [3.63, 3.8) is 0 Å². The molecule has 0 amide bonds. The van der Waals surface area contributed by atoms with Crippen LogP contribution in [0.15, 0.2) is 107 Å². The highest BCUT2D eigenvalue weighted by atomic mass is 32.2. The number of rotatable bonds is 6. The Labute approximate surface area is 216 Å². The molecule has 4 aromatic rings. The first-order valence-electron chi connectivity index (χ1n) is 11.4. The van der Waals surface area contributed by atoms with E-state index in [1.165, 1.54) is 36.8 Å². The Hall–Kier alpha value is -4.06. The second-order valence-electron chi connectivity index (χ2n) is 8.76. The van der Waals surface area contributed by atoms with E-state index in [2.05, 4.69) is 15.0 Å². The summed E-state index contributed by atoms with van der Waals surface area (Å²) in [6.45, 7) is -0.484. The number of aromatic amines is 1. The minimum atomic E-state index is -4.64. The SMILES string of the molecule is CS(=O)(=O)c1cccc(-c2ccc([N+]3(c4cnc[nH]4)C=C(CO)N=C3c3ccccc3C(F)(F)F)cc2)c1. The molecule has 0 saturated carbocycles. The number of aromatic nitrogens is 2. The number of quaternary nitrogens is 1. The van der Waals surface area contributed by atoms with Crippen molar-refractivity contribution in [2.75, 3.05) is 12.9 Å². The van der Waals surface area contributed by atoms with Crippen molar-refractivity contribution in [2.24, 2.45) is 4.99 Å². The third-order valence-electron chi connectivity index (χ3n) is 6.30. The minimum Gasteiger partial charge on any atom is -0.390 e. The molecule has 1 unspecified atom stereocenters. The molecule has 0 saturated heterocycles. The zero-order valence-electron chi connectivity index (χ0n) is 20.0. The van der Waals surface area contributed by atoms with Gasteiger partial charge in [0.15, 0.2) is 9.84 Å². The zero-order valence-corrected chi connectivity index (χ0v) is 20.8. The van der Waals surface area contributed by atoms with Crippen LogP contribution in [0.5, 0.6) is 0 Å². The van der Waals surface area contributed by atoms with Gasteiger partial charge in [-0.3, -0.25) is 4.98 Å². The predicted octanol–water partition coefficient (Wildman–Crippen LogP) is 5.43. The fraction of sp³-hybridized carbons (Fsp3) is 0.111. The van der Waals surface area contributed by atoms with Gasteiger partial charge in [0, 0.05) is 18.4 Å². The van der Waals surface area contributed by atoms with Gasteiger partial charge >= 0.3 is 6.18 Å². The Morgan fingerprint density at radius 3 is 2.34 bits per heavy atom. The Kier molecular flexibility index (Phi) is 6.30. The van der Waals surface area contributed by atoms with Crippen molar-refractivity contribution >= 4 is 27.2 Å². The van der Waals surface area contributed by atoms with Crippen molar-refractivity contribution in [3.05, 3.63) is 108 Å². The van der Waals surface area contributed by atoms with E-state index < -0.39 is 28.2 Å². The molecule has 0 spiro atoms. The molecular formula is C27H22F3N4O3S+. The zero-order chi connectivity index (χ0) is 27.1. The van der Waals surface area contributed by atoms with Crippen LogP contribution in [0.3, 0.4) is 0 Å². The third kappa shape index (κ3) is 4.44. The number of amidine groups is 1. The van der Waals surface area contributed by atoms with Gasteiger partial charge in [0.25, 0.3) is 5.84 Å². The number of aliphatic hydroxyl groups excluding tert-OH is 1. The van der Waals surface area contributed by atoms with Gasteiger partial charge in [0.2, 0.25) is 5.82 Å². The Morgan fingerprint density at radius 1 is 0.974 bits per heavy atom. The highest BCUT2D eigenvalue weighted by Crippen LogP contribution is 2.44. The molecule has 1 aromatic heterocycles. The summed E-state index contributed by atoms with van der Waals surface area (Å²) >= 11 is 0. The lowest BCUT2D eigenvalue weighted by molar-refractivity contribution is -0.137. The maximum atomic E-state index is 14.0. The standard InChI is InChI=1S/C27H22F3N4O3S/c1-38(36,37)22-6-4-5-19(13-22)18-9-11-21(12-10-18)34(25-14-31-17-32-25)15-20(16-35)33-26(34)23-7-2-3-8-24(23)27(28,29)30/h2-15,17,35H,16H2,1H3,(H,31,32)/q+1. The van der Waals surface area contributed by atoms with Crippen LogP contribution >= 0.6 is 0 Å². The number of halogens is 3. The summed E-state index contributed by atoms with van der Waals surface area (Å²) in [6.07, 6.45) is 0.977. The first-order valence-corrected chi connectivity index (χ1v) is 13.3. The lowest BCUT2D eigenvalue weighted by atomic mass is 10.0. The third-order valence-corrected chi connectivity index (χ3v) is 7.41. The van der Waals surface area contributed by atoms with Crippen LogP contribution in [-0.4, -0.2) is 42.2 Å². The van der Waals surface area contributed by atoms with Gasteiger partial charge in [-0.05, 0) is 47.5 Å². The minimum absolute atomic E-state index is 0.0399. The molecule has 194 valence electrons. The van der Waals surface area contributed by atoms with Crippen LogP contribution in [0.25, 0.3) is 11.1 Å². The molecule has 3 aromatic carbocycles.